The molecular formula is C43H25N3O. The molecule has 4 heteroatoms. The minimum atomic E-state index is 0.640. The van der Waals surface area contributed by atoms with Gasteiger partial charge < -0.3 is 4.42 Å². The summed E-state index contributed by atoms with van der Waals surface area (Å²) in [7, 11) is 0. The van der Waals surface area contributed by atoms with E-state index in [1.54, 1.807) is 0 Å². The molecule has 0 N–H and O–H groups in total. The summed E-state index contributed by atoms with van der Waals surface area (Å²) in [4.78, 5) is 15.4. The van der Waals surface area contributed by atoms with Crippen LogP contribution < -0.4 is 0 Å². The third kappa shape index (κ3) is 4.12. The number of aromatic nitrogens is 3. The van der Waals surface area contributed by atoms with Gasteiger partial charge in [-0.3, -0.25) is 0 Å². The maximum atomic E-state index is 6.29. The van der Waals surface area contributed by atoms with E-state index < -0.39 is 0 Å². The van der Waals surface area contributed by atoms with Crippen molar-refractivity contribution in [3.8, 4) is 34.2 Å². The van der Waals surface area contributed by atoms with Crippen molar-refractivity contribution in [1.82, 2.24) is 15.0 Å². The molecule has 10 rings (SSSR count). The second-order valence-electron chi connectivity index (χ2n) is 12.0. The van der Waals surface area contributed by atoms with Crippen LogP contribution in [-0.4, -0.2) is 15.0 Å². The molecular weight excluding hydrogens is 574 g/mol. The number of nitrogens with zero attached hydrogens (tertiary/aromatic N) is 3. The van der Waals surface area contributed by atoms with Crippen LogP contribution in [0.2, 0.25) is 0 Å². The summed E-state index contributed by atoms with van der Waals surface area (Å²) in [5.41, 5.74) is 4.67. The third-order valence-corrected chi connectivity index (χ3v) is 9.29. The highest BCUT2D eigenvalue weighted by molar-refractivity contribution is 6.17. The van der Waals surface area contributed by atoms with E-state index in [-0.39, 0.29) is 0 Å². The number of rotatable bonds is 3. The lowest BCUT2D eigenvalue weighted by Crippen LogP contribution is -2.01. The van der Waals surface area contributed by atoms with Gasteiger partial charge in [0.2, 0.25) is 0 Å². The lowest BCUT2D eigenvalue weighted by atomic mass is 9.96. The zero-order valence-corrected chi connectivity index (χ0v) is 25.2. The quantitative estimate of drug-likeness (QED) is 0.190. The molecule has 0 saturated heterocycles. The highest BCUT2D eigenvalue weighted by Gasteiger charge is 2.17. The van der Waals surface area contributed by atoms with Crippen molar-refractivity contribution in [1.29, 1.82) is 0 Å². The first kappa shape index (κ1) is 25.9. The number of furan rings is 1. The second-order valence-corrected chi connectivity index (χ2v) is 12.0. The molecule has 0 atom stereocenters. The van der Waals surface area contributed by atoms with E-state index in [0.717, 1.165) is 76.3 Å². The first-order valence-corrected chi connectivity index (χ1v) is 15.8. The zero-order chi connectivity index (χ0) is 30.9. The molecule has 0 unspecified atom stereocenters. The molecule has 0 spiro atoms. The van der Waals surface area contributed by atoms with Gasteiger partial charge in [0.1, 0.15) is 11.2 Å². The smallest absolute Gasteiger partial charge is 0.164 e. The maximum Gasteiger partial charge on any atom is 0.164 e. The molecule has 0 bridgehead atoms. The zero-order valence-electron chi connectivity index (χ0n) is 25.2. The van der Waals surface area contributed by atoms with Gasteiger partial charge >= 0.3 is 0 Å². The Balaban J connectivity index is 1.23. The number of benzene rings is 8. The lowest BCUT2D eigenvalue weighted by molar-refractivity contribution is 0.669. The first-order valence-electron chi connectivity index (χ1n) is 15.8. The van der Waals surface area contributed by atoms with Crippen LogP contribution in [0, 0.1) is 0 Å². The van der Waals surface area contributed by atoms with Gasteiger partial charge in [0.25, 0.3) is 0 Å². The fourth-order valence-electron chi connectivity index (χ4n) is 7.00. The number of para-hydroxylation sites is 1. The highest BCUT2D eigenvalue weighted by Crippen LogP contribution is 2.38. The van der Waals surface area contributed by atoms with Gasteiger partial charge in [-0.2, -0.15) is 0 Å². The molecule has 0 aliphatic heterocycles. The molecule has 4 nitrogen and oxygen atoms in total. The molecule has 2 aromatic heterocycles. The summed E-state index contributed by atoms with van der Waals surface area (Å²) in [6, 6.07) is 52.8. The molecule has 2 heterocycles. The Kier molecular flexibility index (Phi) is 5.54. The summed E-state index contributed by atoms with van der Waals surface area (Å²) in [5.74, 6) is 1.93. The number of hydrogen-bond acceptors (Lipinski definition) is 4. The molecule has 8 aromatic carbocycles. The number of fused-ring (bicyclic) bond motifs is 8. The summed E-state index contributed by atoms with van der Waals surface area (Å²) in [6.45, 7) is 0. The van der Waals surface area contributed by atoms with E-state index in [0.29, 0.717) is 17.5 Å². The minimum Gasteiger partial charge on any atom is -0.456 e. The van der Waals surface area contributed by atoms with Crippen molar-refractivity contribution in [2.45, 2.75) is 0 Å². The fourth-order valence-corrected chi connectivity index (χ4v) is 7.00. The predicted molar refractivity (Wildman–Crippen MR) is 193 cm³/mol. The second kappa shape index (κ2) is 10.1. The lowest BCUT2D eigenvalue weighted by Gasteiger charge is -2.13. The van der Waals surface area contributed by atoms with Crippen molar-refractivity contribution in [3.63, 3.8) is 0 Å². The molecule has 0 radical (unpaired) electrons. The van der Waals surface area contributed by atoms with E-state index in [4.69, 9.17) is 19.4 Å². The summed E-state index contributed by atoms with van der Waals surface area (Å²) >= 11 is 0. The van der Waals surface area contributed by atoms with Crippen molar-refractivity contribution in [3.05, 3.63) is 152 Å². The normalized spacial score (nSPS) is 11.8. The topological polar surface area (TPSA) is 51.8 Å². The molecule has 0 aliphatic carbocycles. The standard InChI is InChI=1S/C43H25N3O/c1-2-11-28-23-30(20-19-26(28)9-1)41-44-42(35-16-7-12-27-10-3-4-13-31(27)35)46-43(45-41)36-17-8-15-32-33(36)22-21-29-24-38-34-14-5-6-18-39(34)47-40(38)25-37(29)32/h1-25H. The van der Waals surface area contributed by atoms with Crippen LogP contribution in [0.15, 0.2) is 156 Å². The molecule has 0 saturated carbocycles. The van der Waals surface area contributed by atoms with Crippen LogP contribution in [0.25, 0.3) is 99.2 Å². The van der Waals surface area contributed by atoms with E-state index in [9.17, 15) is 0 Å². The van der Waals surface area contributed by atoms with Gasteiger partial charge in [-0.1, -0.05) is 127 Å². The molecule has 0 amide bonds. The third-order valence-electron chi connectivity index (χ3n) is 9.29. The minimum absolute atomic E-state index is 0.640. The van der Waals surface area contributed by atoms with E-state index in [1.165, 1.54) is 5.39 Å². The Morgan fingerprint density at radius 1 is 0.319 bits per heavy atom. The van der Waals surface area contributed by atoms with Gasteiger partial charge in [-0.25, -0.2) is 15.0 Å². The van der Waals surface area contributed by atoms with Crippen molar-refractivity contribution >= 4 is 65.0 Å². The van der Waals surface area contributed by atoms with Gasteiger partial charge in [0.15, 0.2) is 17.5 Å². The molecule has 0 aliphatic rings. The van der Waals surface area contributed by atoms with Crippen molar-refractivity contribution in [2.24, 2.45) is 0 Å². The van der Waals surface area contributed by atoms with E-state index >= 15 is 0 Å². The van der Waals surface area contributed by atoms with Gasteiger partial charge in [0, 0.05) is 27.5 Å². The Morgan fingerprint density at radius 3 is 1.83 bits per heavy atom. The predicted octanol–water partition coefficient (Wildman–Crippen LogP) is 11.4. The Hall–Kier alpha value is -6.39. The Morgan fingerprint density at radius 2 is 0.957 bits per heavy atom. The first-order chi connectivity index (χ1) is 23.3. The van der Waals surface area contributed by atoms with Crippen LogP contribution in [0.1, 0.15) is 0 Å². The maximum absolute atomic E-state index is 6.29. The van der Waals surface area contributed by atoms with Crippen LogP contribution in [0.3, 0.4) is 0 Å². The average Bonchev–Trinajstić information content (AvgIpc) is 3.50. The summed E-state index contributed by atoms with van der Waals surface area (Å²) in [6.07, 6.45) is 0. The average molecular weight is 600 g/mol. The van der Waals surface area contributed by atoms with Crippen LogP contribution in [0.5, 0.6) is 0 Å². The Bertz CT molecular complexity index is 2860. The van der Waals surface area contributed by atoms with Gasteiger partial charge in [0.05, 0.1) is 0 Å². The monoisotopic (exact) mass is 599 g/mol. The van der Waals surface area contributed by atoms with E-state index in [1.807, 2.05) is 12.1 Å². The highest BCUT2D eigenvalue weighted by atomic mass is 16.3. The number of hydrogen-bond donors (Lipinski definition) is 0. The van der Waals surface area contributed by atoms with Gasteiger partial charge in [-0.15, -0.1) is 0 Å². The van der Waals surface area contributed by atoms with Crippen molar-refractivity contribution < 1.29 is 4.42 Å². The van der Waals surface area contributed by atoms with Crippen LogP contribution in [0.4, 0.5) is 0 Å². The van der Waals surface area contributed by atoms with E-state index in [2.05, 4.69) is 140 Å². The van der Waals surface area contributed by atoms with Gasteiger partial charge in [-0.05, 0) is 67.4 Å². The largest absolute Gasteiger partial charge is 0.456 e. The summed E-state index contributed by atoms with van der Waals surface area (Å²) in [5, 5.41) is 11.3. The van der Waals surface area contributed by atoms with Crippen LogP contribution in [-0.2, 0) is 0 Å². The van der Waals surface area contributed by atoms with Crippen molar-refractivity contribution in [2.75, 3.05) is 0 Å². The molecule has 0 fully saturated rings. The fraction of sp³-hybridized carbons (Fsp3) is 0. The Labute approximate surface area is 269 Å². The SMILES string of the molecule is c1ccc2cc(-c3nc(-c4cccc5ccccc45)nc(-c4cccc5c4ccc4cc6c(cc45)oc4ccccc46)n3)ccc2c1. The molecule has 218 valence electrons. The molecule has 47 heavy (non-hydrogen) atoms. The molecule has 10 aromatic rings. The van der Waals surface area contributed by atoms with Crippen LogP contribution >= 0.6 is 0 Å². The summed E-state index contributed by atoms with van der Waals surface area (Å²) < 4.78 is 6.29.